The maximum atomic E-state index is 12.7. The molecule has 0 radical (unpaired) electrons. The Hall–Kier alpha value is -0.330. The third-order valence-electron chi connectivity index (χ3n) is 4.87. The van der Waals surface area contributed by atoms with Crippen LogP contribution in [-0.4, -0.2) is 37.0 Å². The molecule has 3 nitrogen and oxygen atoms in total. The van der Waals surface area contributed by atoms with Gasteiger partial charge in [0.2, 0.25) is 0 Å². The molecule has 1 aromatic rings. The maximum Gasteiger partial charge on any atom is 0.254 e. The lowest BCUT2D eigenvalue weighted by atomic mass is 9.78. The van der Waals surface area contributed by atoms with Crippen molar-refractivity contribution in [2.75, 3.05) is 26.2 Å². The van der Waals surface area contributed by atoms with E-state index in [4.69, 9.17) is 0 Å². The predicted octanol–water partition coefficient (Wildman–Crippen LogP) is 3.24. The first-order valence-electron chi connectivity index (χ1n) is 7.36. The fourth-order valence-electron chi connectivity index (χ4n) is 3.39. The zero-order chi connectivity index (χ0) is 14.2. The normalized spacial score (nSPS) is 20.4. The van der Waals surface area contributed by atoms with Crippen LogP contribution >= 0.6 is 35.0 Å². The lowest BCUT2D eigenvalue weighted by Crippen LogP contribution is -2.44. The van der Waals surface area contributed by atoms with E-state index in [0.717, 1.165) is 48.2 Å². The van der Waals surface area contributed by atoms with Crippen LogP contribution in [0.1, 0.15) is 35.2 Å². The van der Waals surface area contributed by atoms with Gasteiger partial charge in [-0.05, 0) is 72.4 Å². The van der Waals surface area contributed by atoms with Gasteiger partial charge >= 0.3 is 0 Å². The van der Waals surface area contributed by atoms with E-state index in [1.54, 1.807) is 0 Å². The summed E-state index contributed by atoms with van der Waals surface area (Å²) in [6.45, 7) is 6.16. The van der Waals surface area contributed by atoms with Gasteiger partial charge < -0.3 is 10.2 Å². The summed E-state index contributed by atoms with van der Waals surface area (Å²) in [5.41, 5.74) is 2.52. The Morgan fingerprint density at radius 2 is 2.00 bits per heavy atom. The number of carbonyl (C=O) groups is 1. The van der Waals surface area contributed by atoms with Crippen molar-refractivity contribution in [3.8, 4) is 0 Å². The molecule has 2 aliphatic heterocycles. The van der Waals surface area contributed by atoms with Crippen molar-refractivity contribution in [2.45, 2.75) is 26.2 Å². The smallest absolute Gasteiger partial charge is 0.254 e. The quantitative estimate of drug-likeness (QED) is 0.708. The average Bonchev–Trinajstić information content (AvgIpc) is 2.90. The second-order valence-corrected chi connectivity index (χ2v) is 7.23. The molecule has 1 aromatic carbocycles. The number of hydrogen-bond acceptors (Lipinski definition) is 2. The van der Waals surface area contributed by atoms with Crippen LogP contribution in [0.3, 0.4) is 0 Å². The summed E-state index contributed by atoms with van der Waals surface area (Å²) in [7, 11) is 0. The van der Waals surface area contributed by atoms with Crippen LogP contribution in [-0.2, 0) is 0 Å². The maximum absolute atomic E-state index is 12.7. The van der Waals surface area contributed by atoms with Crippen molar-refractivity contribution in [3.63, 3.8) is 0 Å². The molecule has 5 heteroatoms. The predicted molar refractivity (Wildman–Crippen MR) is 96.2 cm³/mol. The van der Waals surface area contributed by atoms with Crippen LogP contribution in [0.25, 0.3) is 0 Å². The van der Waals surface area contributed by atoms with Crippen LogP contribution in [0, 0.1) is 15.9 Å². The molecule has 2 saturated heterocycles. The molecule has 0 atom stereocenters. The van der Waals surface area contributed by atoms with Gasteiger partial charge in [0.1, 0.15) is 0 Å². The van der Waals surface area contributed by atoms with Gasteiger partial charge in [-0.2, -0.15) is 0 Å². The molecule has 1 amide bonds. The third-order valence-corrected chi connectivity index (χ3v) is 6.30. The minimum absolute atomic E-state index is 0. The Bertz CT molecular complexity index is 519. The van der Waals surface area contributed by atoms with Crippen LogP contribution in [0.15, 0.2) is 18.2 Å². The summed E-state index contributed by atoms with van der Waals surface area (Å²) in [6.07, 6.45) is 3.57. The summed E-state index contributed by atoms with van der Waals surface area (Å²) in [6, 6.07) is 6.00. The minimum atomic E-state index is 0. The second kappa shape index (κ2) is 6.84. The van der Waals surface area contributed by atoms with E-state index in [0.29, 0.717) is 5.41 Å². The molecular formula is C16H22ClIN2O. The lowest BCUT2D eigenvalue weighted by molar-refractivity contribution is 0.0606. The molecule has 0 aliphatic carbocycles. The van der Waals surface area contributed by atoms with Gasteiger partial charge in [-0.15, -0.1) is 12.4 Å². The van der Waals surface area contributed by atoms with Crippen molar-refractivity contribution in [2.24, 2.45) is 5.41 Å². The molecule has 0 bridgehead atoms. The molecule has 3 rings (SSSR count). The zero-order valence-corrected chi connectivity index (χ0v) is 15.3. The molecule has 1 N–H and O–H groups in total. The summed E-state index contributed by atoms with van der Waals surface area (Å²) >= 11 is 2.29. The van der Waals surface area contributed by atoms with Crippen molar-refractivity contribution < 1.29 is 4.79 Å². The lowest BCUT2D eigenvalue weighted by Gasteiger charge is -2.39. The number of hydrogen-bond donors (Lipinski definition) is 1. The summed E-state index contributed by atoms with van der Waals surface area (Å²) in [4.78, 5) is 14.7. The van der Waals surface area contributed by atoms with Gasteiger partial charge in [-0.25, -0.2) is 0 Å². The van der Waals surface area contributed by atoms with E-state index >= 15 is 0 Å². The van der Waals surface area contributed by atoms with Gasteiger partial charge in [0.15, 0.2) is 0 Å². The number of aryl methyl sites for hydroxylation is 1. The molecule has 0 saturated carbocycles. The van der Waals surface area contributed by atoms with Crippen LogP contribution in [0.2, 0.25) is 0 Å². The summed E-state index contributed by atoms with van der Waals surface area (Å²) in [5, 5.41) is 3.47. The second-order valence-electron chi connectivity index (χ2n) is 6.16. The SMILES string of the molecule is Cc1cccc(C(=O)N2CCC3(CCNC3)CC2)c1I.Cl. The molecule has 2 aliphatic rings. The van der Waals surface area contributed by atoms with E-state index in [1.165, 1.54) is 12.0 Å². The Morgan fingerprint density at radius 1 is 1.29 bits per heavy atom. The fourth-order valence-corrected chi connectivity index (χ4v) is 3.98. The molecule has 0 aromatic heterocycles. The topological polar surface area (TPSA) is 32.3 Å². The number of likely N-dealkylation sites (tertiary alicyclic amines) is 1. The summed E-state index contributed by atoms with van der Waals surface area (Å²) < 4.78 is 1.10. The fraction of sp³-hybridized carbons (Fsp3) is 0.562. The molecule has 2 heterocycles. The molecule has 21 heavy (non-hydrogen) atoms. The molecule has 2 fully saturated rings. The Kier molecular flexibility index (Phi) is 5.54. The number of benzene rings is 1. The van der Waals surface area contributed by atoms with Gasteiger partial charge in [0.25, 0.3) is 5.91 Å². The van der Waals surface area contributed by atoms with Gasteiger partial charge in [0, 0.05) is 23.2 Å². The highest BCUT2D eigenvalue weighted by Crippen LogP contribution is 2.37. The Labute approximate surface area is 146 Å². The standard InChI is InChI=1S/C16H21IN2O.ClH/c1-12-3-2-4-13(14(12)17)15(20)19-9-6-16(7-10-19)5-8-18-11-16;/h2-4,18H,5-11H2,1H3;1H. The highest BCUT2D eigenvalue weighted by Gasteiger charge is 2.38. The van der Waals surface area contributed by atoms with Crippen molar-refractivity contribution in [1.29, 1.82) is 0 Å². The van der Waals surface area contributed by atoms with Gasteiger partial charge in [-0.1, -0.05) is 12.1 Å². The molecular weight excluding hydrogens is 399 g/mol. The Balaban J connectivity index is 0.00000161. The molecule has 116 valence electrons. The van der Waals surface area contributed by atoms with E-state index in [-0.39, 0.29) is 18.3 Å². The number of nitrogens with one attached hydrogen (secondary N) is 1. The summed E-state index contributed by atoms with van der Waals surface area (Å²) in [5.74, 6) is 0.207. The van der Waals surface area contributed by atoms with Gasteiger partial charge in [-0.3, -0.25) is 4.79 Å². The van der Waals surface area contributed by atoms with E-state index in [9.17, 15) is 4.79 Å². The average molecular weight is 421 g/mol. The number of halogens is 2. The molecule has 1 spiro atoms. The number of carbonyl (C=O) groups excluding carboxylic acids is 1. The number of rotatable bonds is 1. The first-order valence-corrected chi connectivity index (χ1v) is 8.44. The van der Waals surface area contributed by atoms with Crippen LogP contribution < -0.4 is 5.32 Å². The van der Waals surface area contributed by atoms with Gasteiger partial charge in [0.05, 0.1) is 5.56 Å². The van der Waals surface area contributed by atoms with E-state index < -0.39 is 0 Å². The van der Waals surface area contributed by atoms with Crippen molar-refractivity contribution >= 4 is 40.9 Å². The number of amides is 1. The monoisotopic (exact) mass is 420 g/mol. The number of nitrogens with zero attached hydrogens (tertiary/aromatic N) is 1. The van der Waals surface area contributed by atoms with Crippen molar-refractivity contribution in [1.82, 2.24) is 10.2 Å². The van der Waals surface area contributed by atoms with Crippen molar-refractivity contribution in [3.05, 3.63) is 32.9 Å². The first-order chi connectivity index (χ1) is 9.61. The van der Waals surface area contributed by atoms with E-state index in [1.807, 2.05) is 17.0 Å². The number of piperidine rings is 1. The molecule has 0 unspecified atom stereocenters. The largest absolute Gasteiger partial charge is 0.339 e. The highest BCUT2D eigenvalue weighted by molar-refractivity contribution is 14.1. The van der Waals surface area contributed by atoms with Crippen LogP contribution in [0.5, 0.6) is 0 Å². The Morgan fingerprint density at radius 3 is 2.62 bits per heavy atom. The van der Waals surface area contributed by atoms with E-state index in [2.05, 4.69) is 40.9 Å². The first kappa shape index (κ1) is 17.0. The minimum Gasteiger partial charge on any atom is -0.339 e. The highest BCUT2D eigenvalue weighted by atomic mass is 127. The van der Waals surface area contributed by atoms with Crippen LogP contribution in [0.4, 0.5) is 0 Å². The zero-order valence-electron chi connectivity index (χ0n) is 12.3. The third kappa shape index (κ3) is 3.37.